The maximum Gasteiger partial charge on any atom is 0.255 e. The van der Waals surface area contributed by atoms with Crippen molar-refractivity contribution < 1.29 is 14.3 Å². The number of aryl methyl sites for hydroxylation is 1. The topological polar surface area (TPSA) is 43.7 Å². The summed E-state index contributed by atoms with van der Waals surface area (Å²) in [6, 6.07) is 2.00. The Hall–Kier alpha value is -1.33. The van der Waals surface area contributed by atoms with Crippen molar-refractivity contribution in [1.29, 1.82) is 0 Å². The van der Waals surface area contributed by atoms with E-state index < -0.39 is 0 Å². The number of nitrogens with zero attached hydrogens (tertiary/aromatic N) is 2. The highest BCUT2D eigenvalue weighted by molar-refractivity contribution is 5.96. The van der Waals surface area contributed by atoms with Crippen LogP contribution >= 0.6 is 0 Å². The average Bonchev–Trinajstić information content (AvgIpc) is 3.17. The molecule has 0 aromatic carbocycles. The molecule has 0 saturated carbocycles. The van der Waals surface area contributed by atoms with Crippen molar-refractivity contribution in [1.82, 2.24) is 9.47 Å². The molecule has 134 valence electrons. The quantitative estimate of drug-likeness (QED) is 0.802. The molecule has 0 unspecified atom stereocenters. The largest absolute Gasteiger partial charge is 0.353 e. The summed E-state index contributed by atoms with van der Waals surface area (Å²) in [6.45, 7) is 10.4. The maximum absolute atomic E-state index is 12.9. The van der Waals surface area contributed by atoms with Gasteiger partial charge in [0.25, 0.3) is 5.91 Å². The summed E-state index contributed by atoms with van der Waals surface area (Å²) in [7, 11) is 0. The lowest BCUT2D eigenvalue weighted by Crippen LogP contribution is -2.33. The molecular formula is C19H30N2O3. The van der Waals surface area contributed by atoms with E-state index in [9.17, 15) is 4.79 Å². The highest BCUT2D eigenvalue weighted by Crippen LogP contribution is 2.42. The maximum atomic E-state index is 12.9. The van der Waals surface area contributed by atoms with Crippen LogP contribution in [0.2, 0.25) is 0 Å². The number of hydrogen-bond donors (Lipinski definition) is 0. The van der Waals surface area contributed by atoms with E-state index in [0.717, 1.165) is 64.1 Å². The Bertz CT molecular complexity index is 573. The van der Waals surface area contributed by atoms with Gasteiger partial charge in [-0.3, -0.25) is 4.79 Å². The molecule has 0 radical (unpaired) electrons. The smallest absolute Gasteiger partial charge is 0.255 e. The van der Waals surface area contributed by atoms with Gasteiger partial charge in [0, 0.05) is 36.9 Å². The molecular weight excluding hydrogens is 304 g/mol. The molecule has 1 aromatic rings. The molecule has 0 bridgehead atoms. The van der Waals surface area contributed by atoms with E-state index in [2.05, 4.69) is 17.7 Å². The van der Waals surface area contributed by atoms with E-state index in [4.69, 9.17) is 9.47 Å². The summed E-state index contributed by atoms with van der Waals surface area (Å²) < 4.78 is 13.7. The van der Waals surface area contributed by atoms with Gasteiger partial charge in [-0.15, -0.1) is 0 Å². The van der Waals surface area contributed by atoms with Crippen LogP contribution in [0.5, 0.6) is 0 Å². The number of hydrogen-bond acceptors (Lipinski definition) is 3. The first kappa shape index (κ1) is 17.5. The first-order valence-corrected chi connectivity index (χ1v) is 9.31. The summed E-state index contributed by atoms with van der Waals surface area (Å²) in [6.07, 6.45) is 5.93. The number of amides is 1. The molecule has 1 saturated heterocycles. The molecule has 3 rings (SSSR count). The first-order valence-electron chi connectivity index (χ1n) is 9.31. The Morgan fingerprint density at radius 1 is 1.33 bits per heavy atom. The third-order valence-electron chi connectivity index (χ3n) is 5.55. The molecule has 1 aromatic heterocycles. The molecule has 2 aliphatic heterocycles. The zero-order chi connectivity index (χ0) is 17.2. The molecule has 2 aliphatic rings. The number of ether oxygens (including phenoxy) is 2. The van der Waals surface area contributed by atoms with Crippen LogP contribution in [-0.4, -0.2) is 48.0 Å². The van der Waals surface area contributed by atoms with Crippen molar-refractivity contribution in [2.75, 3.05) is 26.3 Å². The minimum absolute atomic E-state index is 0.0197. The predicted molar refractivity (Wildman–Crippen MR) is 93.2 cm³/mol. The van der Waals surface area contributed by atoms with Crippen LogP contribution in [-0.2, 0) is 21.4 Å². The van der Waals surface area contributed by atoms with Crippen molar-refractivity contribution >= 4 is 5.91 Å². The molecule has 5 nitrogen and oxygen atoms in total. The number of rotatable bonds is 6. The van der Waals surface area contributed by atoms with Crippen LogP contribution in [0.4, 0.5) is 0 Å². The van der Waals surface area contributed by atoms with Crippen LogP contribution in [0.15, 0.2) is 12.3 Å². The summed E-state index contributed by atoms with van der Waals surface area (Å²) in [5.74, 6) is 0.159. The van der Waals surface area contributed by atoms with E-state index in [-0.39, 0.29) is 17.6 Å². The third-order valence-corrected chi connectivity index (χ3v) is 5.55. The average molecular weight is 334 g/mol. The number of aromatic nitrogens is 1. The molecule has 1 amide bonds. The Morgan fingerprint density at radius 3 is 2.71 bits per heavy atom. The lowest BCUT2D eigenvalue weighted by Gasteiger charge is -2.30. The molecule has 1 atom stereocenters. The Kier molecular flexibility index (Phi) is 5.30. The van der Waals surface area contributed by atoms with Gasteiger partial charge in [0.2, 0.25) is 0 Å². The predicted octanol–water partition coefficient (Wildman–Crippen LogP) is 3.17. The number of fused-ring (bicyclic) bond motifs is 1. The second kappa shape index (κ2) is 7.28. The fourth-order valence-electron chi connectivity index (χ4n) is 4.05. The Balaban J connectivity index is 1.77. The number of carbonyl (C=O) groups is 1. The van der Waals surface area contributed by atoms with Gasteiger partial charge in [0.1, 0.15) is 0 Å². The highest BCUT2D eigenvalue weighted by Gasteiger charge is 2.39. The fraction of sp³-hybridized carbons (Fsp3) is 0.737. The molecule has 24 heavy (non-hydrogen) atoms. The van der Waals surface area contributed by atoms with E-state index in [1.165, 1.54) is 5.69 Å². The third kappa shape index (κ3) is 3.24. The van der Waals surface area contributed by atoms with Gasteiger partial charge >= 0.3 is 0 Å². The Labute approximate surface area is 144 Å². The van der Waals surface area contributed by atoms with E-state index in [0.29, 0.717) is 0 Å². The van der Waals surface area contributed by atoms with Crippen molar-refractivity contribution in [2.45, 2.75) is 64.7 Å². The van der Waals surface area contributed by atoms with Crippen molar-refractivity contribution in [3.63, 3.8) is 0 Å². The highest BCUT2D eigenvalue weighted by atomic mass is 16.7. The summed E-state index contributed by atoms with van der Waals surface area (Å²) in [5.41, 5.74) is 2.10. The lowest BCUT2D eigenvalue weighted by molar-refractivity contribution is -0.183. The molecule has 0 aliphatic carbocycles. The van der Waals surface area contributed by atoms with E-state index in [1.54, 1.807) is 0 Å². The van der Waals surface area contributed by atoms with E-state index >= 15 is 0 Å². The van der Waals surface area contributed by atoms with Gasteiger partial charge < -0.3 is 18.9 Å². The molecule has 0 N–H and O–H groups in total. The van der Waals surface area contributed by atoms with Crippen molar-refractivity contribution in [3.8, 4) is 0 Å². The van der Waals surface area contributed by atoms with Gasteiger partial charge in [0.05, 0.1) is 18.8 Å². The minimum Gasteiger partial charge on any atom is -0.353 e. The molecule has 3 heterocycles. The van der Waals surface area contributed by atoms with Gasteiger partial charge in [0.15, 0.2) is 6.29 Å². The van der Waals surface area contributed by atoms with Crippen LogP contribution in [0.3, 0.4) is 0 Å². The second-order valence-electron chi connectivity index (χ2n) is 7.12. The Morgan fingerprint density at radius 2 is 2.04 bits per heavy atom. The fourth-order valence-corrected chi connectivity index (χ4v) is 4.05. The van der Waals surface area contributed by atoms with Gasteiger partial charge in [-0.1, -0.05) is 6.92 Å². The molecule has 5 heteroatoms. The standard InChI is InChI=1S/C19H30N2O3/c1-4-20(5-2)18(22)15-8-11-21-12-10-19(3,17(15)21)9-7-16-23-13-6-14-24-16/h8,11,16H,4-7,9-10,12-14H2,1-3H3/t19-/m1/s1. The summed E-state index contributed by atoms with van der Waals surface area (Å²) in [5, 5.41) is 0. The molecule has 0 spiro atoms. The van der Waals surface area contributed by atoms with Crippen molar-refractivity contribution in [2.24, 2.45) is 0 Å². The van der Waals surface area contributed by atoms with Crippen LogP contribution in [0.25, 0.3) is 0 Å². The number of carbonyl (C=O) groups excluding carboxylic acids is 1. The van der Waals surface area contributed by atoms with Crippen LogP contribution < -0.4 is 0 Å². The van der Waals surface area contributed by atoms with Crippen LogP contribution in [0, 0.1) is 0 Å². The van der Waals surface area contributed by atoms with Gasteiger partial charge in [-0.25, -0.2) is 0 Å². The van der Waals surface area contributed by atoms with Gasteiger partial charge in [-0.05, 0) is 45.6 Å². The van der Waals surface area contributed by atoms with Gasteiger partial charge in [-0.2, -0.15) is 0 Å². The SMILES string of the molecule is CCN(CC)C(=O)c1ccn2c1[C@](C)(CCC1OCCCO1)CC2. The zero-order valence-electron chi connectivity index (χ0n) is 15.2. The monoisotopic (exact) mass is 334 g/mol. The zero-order valence-corrected chi connectivity index (χ0v) is 15.2. The summed E-state index contributed by atoms with van der Waals surface area (Å²) >= 11 is 0. The first-order chi connectivity index (χ1) is 11.6. The van der Waals surface area contributed by atoms with E-state index in [1.807, 2.05) is 24.8 Å². The lowest BCUT2D eigenvalue weighted by atomic mass is 9.79. The molecule has 1 fully saturated rings. The van der Waals surface area contributed by atoms with Crippen LogP contribution in [0.1, 0.15) is 62.5 Å². The van der Waals surface area contributed by atoms with Crippen molar-refractivity contribution in [3.05, 3.63) is 23.5 Å². The minimum atomic E-state index is -0.0819. The normalized spacial score (nSPS) is 24.1. The second-order valence-corrected chi connectivity index (χ2v) is 7.12. The summed E-state index contributed by atoms with van der Waals surface area (Å²) in [4.78, 5) is 14.8.